The Bertz CT molecular complexity index is 148. The van der Waals surface area contributed by atoms with Crippen LogP contribution in [-0.4, -0.2) is 12.9 Å². The lowest BCUT2D eigenvalue weighted by atomic mass is 10.2. The van der Waals surface area contributed by atoms with Gasteiger partial charge < -0.3 is 9.47 Å². The van der Waals surface area contributed by atoms with Crippen LogP contribution < -0.4 is 0 Å². The van der Waals surface area contributed by atoms with E-state index in [9.17, 15) is 0 Å². The van der Waals surface area contributed by atoms with Crippen molar-refractivity contribution in [1.29, 1.82) is 0 Å². The van der Waals surface area contributed by atoms with E-state index in [0.29, 0.717) is 0 Å². The summed E-state index contributed by atoms with van der Waals surface area (Å²) in [6.07, 6.45) is 12.4. The predicted molar refractivity (Wildman–Crippen MR) is 58.0 cm³/mol. The van der Waals surface area contributed by atoms with Crippen molar-refractivity contribution in [3.05, 3.63) is 12.3 Å². The summed E-state index contributed by atoms with van der Waals surface area (Å²) in [5.74, 6) is 0. The van der Waals surface area contributed by atoms with E-state index >= 15 is 0 Å². The lowest BCUT2D eigenvalue weighted by molar-refractivity contribution is -0.129. The van der Waals surface area contributed by atoms with E-state index < -0.39 is 0 Å². The molecule has 2 nitrogen and oxygen atoms in total. The van der Waals surface area contributed by atoms with Gasteiger partial charge in [-0.05, 0) is 31.8 Å². The summed E-state index contributed by atoms with van der Waals surface area (Å²) in [5, 5.41) is 0. The molecule has 2 heteroatoms. The van der Waals surface area contributed by atoms with Gasteiger partial charge in [-0.25, -0.2) is 0 Å². The zero-order chi connectivity index (χ0) is 10.1. The van der Waals surface area contributed by atoms with E-state index in [0.717, 1.165) is 19.4 Å². The van der Waals surface area contributed by atoms with Crippen LogP contribution in [0.1, 0.15) is 51.9 Å². The lowest BCUT2D eigenvalue weighted by Gasteiger charge is -2.21. The maximum absolute atomic E-state index is 5.46. The molecule has 0 bridgehead atoms. The van der Waals surface area contributed by atoms with Gasteiger partial charge in [0.25, 0.3) is 0 Å². The Kier molecular flexibility index (Phi) is 6.50. The first-order valence-electron chi connectivity index (χ1n) is 5.85. The van der Waals surface area contributed by atoms with Gasteiger partial charge in [0.15, 0.2) is 6.29 Å². The molecule has 1 saturated heterocycles. The summed E-state index contributed by atoms with van der Waals surface area (Å²) in [4.78, 5) is 0. The molecule has 0 aromatic heterocycles. The molecule has 0 aromatic carbocycles. The molecule has 0 radical (unpaired) electrons. The van der Waals surface area contributed by atoms with Crippen LogP contribution in [0.25, 0.3) is 0 Å². The molecule has 82 valence electrons. The first kappa shape index (κ1) is 11.6. The second-order valence-corrected chi connectivity index (χ2v) is 3.80. The first-order chi connectivity index (χ1) is 6.93. The van der Waals surface area contributed by atoms with Crippen molar-refractivity contribution in [1.82, 2.24) is 0 Å². The van der Waals surface area contributed by atoms with Gasteiger partial charge in [-0.15, -0.1) is 0 Å². The zero-order valence-electron chi connectivity index (χ0n) is 9.21. The summed E-state index contributed by atoms with van der Waals surface area (Å²) in [5.41, 5.74) is 0. The fourth-order valence-electron chi connectivity index (χ4n) is 1.54. The second kappa shape index (κ2) is 7.86. The highest BCUT2D eigenvalue weighted by molar-refractivity contribution is 4.74. The smallest absolute Gasteiger partial charge is 0.198 e. The van der Waals surface area contributed by atoms with Gasteiger partial charge in [-0.1, -0.05) is 19.8 Å². The topological polar surface area (TPSA) is 18.5 Å². The van der Waals surface area contributed by atoms with E-state index in [1.165, 1.54) is 32.1 Å². The number of unbranched alkanes of at least 4 members (excludes halogenated alkanes) is 3. The van der Waals surface area contributed by atoms with Crippen molar-refractivity contribution in [2.75, 3.05) is 6.61 Å². The fourth-order valence-corrected chi connectivity index (χ4v) is 1.54. The van der Waals surface area contributed by atoms with Crippen LogP contribution in [0, 0.1) is 0 Å². The molecular weight excluding hydrogens is 176 g/mol. The average molecular weight is 198 g/mol. The molecule has 0 aromatic rings. The van der Waals surface area contributed by atoms with Crippen LogP contribution in [-0.2, 0) is 9.47 Å². The van der Waals surface area contributed by atoms with Crippen LogP contribution in [0.15, 0.2) is 12.3 Å². The molecule has 0 saturated carbocycles. The molecule has 0 aliphatic carbocycles. The van der Waals surface area contributed by atoms with Gasteiger partial charge in [-0.2, -0.15) is 0 Å². The third kappa shape index (κ3) is 5.28. The Hall–Kier alpha value is -0.500. The van der Waals surface area contributed by atoms with E-state index in [-0.39, 0.29) is 6.29 Å². The number of ether oxygens (including phenoxy) is 2. The summed E-state index contributed by atoms with van der Waals surface area (Å²) < 4.78 is 10.9. The van der Waals surface area contributed by atoms with Gasteiger partial charge in [0, 0.05) is 6.42 Å². The van der Waals surface area contributed by atoms with Crippen molar-refractivity contribution >= 4 is 0 Å². The van der Waals surface area contributed by atoms with Crippen molar-refractivity contribution in [2.24, 2.45) is 0 Å². The number of rotatable bonds is 6. The molecule has 0 amide bonds. The monoisotopic (exact) mass is 198 g/mol. The second-order valence-electron chi connectivity index (χ2n) is 3.80. The Morgan fingerprint density at radius 2 is 2.29 bits per heavy atom. The van der Waals surface area contributed by atoms with E-state index in [1.54, 1.807) is 0 Å². The van der Waals surface area contributed by atoms with Gasteiger partial charge in [0.1, 0.15) is 0 Å². The molecule has 1 aliphatic heterocycles. The van der Waals surface area contributed by atoms with Gasteiger partial charge >= 0.3 is 0 Å². The molecule has 1 unspecified atom stereocenters. The summed E-state index contributed by atoms with van der Waals surface area (Å²) in [6, 6.07) is 0. The fraction of sp³-hybridized carbons (Fsp3) is 0.833. The summed E-state index contributed by atoms with van der Waals surface area (Å²) >= 11 is 0. The van der Waals surface area contributed by atoms with Crippen molar-refractivity contribution in [3.8, 4) is 0 Å². The highest BCUT2D eigenvalue weighted by Crippen LogP contribution is 2.13. The van der Waals surface area contributed by atoms with Crippen LogP contribution >= 0.6 is 0 Å². The van der Waals surface area contributed by atoms with Crippen molar-refractivity contribution in [2.45, 2.75) is 58.2 Å². The Morgan fingerprint density at radius 1 is 1.36 bits per heavy atom. The Morgan fingerprint density at radius 3 is 3.00 bits per heavy atom. The standard InChI is InChI=1S/C12H22O2/c1-2-3-4-5-7-10-13-12-9-6-8-11-14-12/h7,10,12H,2-6,8-9,11H2,1H3/b10-7+. The van der Waals surface area contributed by atoms with E-state index in [1.807, 2.05) is 6.26 Å². The predicted octanol–water partition coefficient (Wildman–Crippen LogP) is 3.62. The maximum Gasteiger partial charge on any atom is 0.198 e. The largest absolute Gasteiger partial charge is 0.473 e. The van der Waals surface area contributed by atoms with Crippen LogP contribution in [0.5, 0.6) is 0 Å². The molecule has 1 heterocycles. The molecule has 0 N–H and O–H groups in total. The average Bonchev–Trinajstić information content (AvgIpc) is 2.25. The summed E-state index contributed by atoms with van der Waals surface area (Å²) in [6.45, 7) is 3.07. The molecule has 1 rings (SSSR count). The Labute approximate surface area is 87.3 Å². The van der Waals surface area contributed by atoms with Gasteiger partial charge in [0.05, 0.1) is 12.9 Å². The highest BCUT2D eigenvalue weighted by Gasteiger charge is 2.12. The highest BCUT2D eigenvalue weighted by atomic mass is 16.7. The van der Waals surface area contributed by atoms with Gasteiger partial charge in [0.2, 0.25) is 0 Å². The number of hydrogen-bond donors (Lipinski definition) is 0. The van der Waals surface area contributed by atoms with Crippen molar-refractivity contribution < 1.29 is 9.47 Å². The first-order valence-corrected chi connectivity index (χ1v) is 5.85. The summed E-state index contributed by atoms with van der Waals surface area (Å²) in [7, 11) is 0. The van der Waals surface area contributed by atoms with Crippen molar-refractivity contribution in [3.63, 3.8) is 0 Å². The number of hydrogen-bond acceptors (Lipinski definition) is 2. The molecule has 14 heavy (non-hydrogen) atoms. The minimum Gasteiger partial charge on any atom is -0.473 e. The third-order valence-electron chi connectivity index (χ3n) is 2.44. The van der Waals surface area contributed by atoms with Crippen LogP contribution in [0.2, 0.25) is 0 Å². The molecule has 1 fully saturated rings. The Balaban J connectivity index is 1.95. The minimum atomic E-state index is 0.0196. The van der Waals surface area contributed by atoms with Gasteiger partial charge in [-0.3, -0.25) is 0 Å². The SMILES string of the molecule is CCCCC/C=C/OC1CCCCO1. The third-order valence-corrected chi connectivity index (χ3v) is 2.44. The quantitative estimate of drug-likeness (QED) is 0.479. The molecule has 1 aliphatic rings. The lowest BCUT2D eigenvalue weighted by Crippen LogP contribution is -2.19. The number of allylic oxidation sites excluding steroid dienone is 1. The van der Waals surface area contributed by atoms with Crippen LogP contribution in [0.4, 0.5) is 0 Å². The minimum absolute atomic E-state index is 0.0196. The normalized spacial score (nSPS) is 22.8. The zero-order valence-corrected chi connectivity index (χ0v) is 9.21. The molecule has 0 spiro atoms. The maximum atomic E-state index is 5.46. The molecular formula is C12H22O2. The van der Waals surface area contributed by atoms with E-state index in [2.05, 4.69) is 13.0 Å². The van der Waals surface area contributed by atoms with E-state index in [4.69, 9.17) is 9.47 Å². The van der Waals surface area contributed by atoms with Crippen LogP contribution in [0.3, 0.4) is 0 Å². The molecule has 1 atom stereocenters.